The van der Waals surface area contributed by atoms with Crippen LogP contribution in [0, 0.1) is 11.8 Å². The van der Waals surface area contributed by atoms with Gasteiger partial charge >= 0.3 is 17.9 Å². The second kappa shape index (κ2) is 20.9. The number of amides is 6. The summed E-state index contributed by atoms with van der Waals surface area (Å²) in [7, 11) is 0. The first kappa shape index (κ1) is 45.2. The Hall–Kier alpha value is -4.85. The van der Waals surface area contributed by atoms with Crippen molar-refractivity contribution in [2.24, 2.45) is 17.6 Å². The van der Waals surface area contributed by atoms with E-state index in [4.69, 9.17) is 15.9 Å². The Labute approximate surface area is 301 Å². The number of rotatable bonds is 21. The van der Waals surface area contributed by atoms with Gasteiger partial charge in [-0.25, -0.2) is 4.79 Å². The van der Waals surface area contributed by atoms with Crippen LogP contribution in [0.4, 0.5) is 0 Å². The van der Waals surface area contributed by atoms with Gasteiger partial charge in [0, 0.05) is 13.0 Å². The molecule has 6 amide bonds. The lowest BCUT2D eigenvalue weighted by atomic mass is 9.99. The van der Waals surface area contributed by atoms with Crippen LogP contribution in [-0.4, -0.2) is 134 Å². The van der Waals surface area contributed by atoms with E-state index >= 15 is 0 Å². The largest absolute Gasteiger partial charge is 0.481 e. The maximum absolute atomic E-state index is 13.5. The van der Waals surface area contributed by atoms with Crippen molar-refractivity contribution in [2.75, 3.05) is 6.54 Å². The minimum atomic E-state index is -1.55. The molecule has 0 aromatic carbocycles. The van der Waals surface area contributed by atoms with E-state index in [9.17, 15) is 53.4 Å². The summed E-state index contributed by atoms with van der Waals surface area (Å²) in [6.07, 6.45) is -2.46. The summed E-state index contributed by atoms with van der Waals surface area (Å²) in [6.45, 7) is 9.33. The van der Waals surface area contributed by atoms with Gasteiger partial charge < -0.3 is 57.6 Å². The normalized spacial score (nSPS) is 18.2. The number of aliphatic hydroxyl groups excluding tert-OH is 1. The fourth-order valence-corrected chi connectivity index (χ4v) is 5.36. The summed E-state index contributed by atoms with van der Waals surface area (Å²) >= 11 is 0. The number of nitrogens with zero attached hydrogens (tertiary/aromatic N) is 1. The molecule has 1 saturated heterocycles. The molecule has 0 aliphatic carbocycles. The molecule has 1 fully saturated rings. The molecule has 294 valence electrons. The monoisotopic (exact) mass is 743 g/mol. The minimum absolute atomic E-state index is 0.0732. The maximum atomic E-state index is 13.5. The molecule has 20 nitrogen and oxygen atoms in total. The first-order valence-electron chi connectivity index (χ1n) is 17.0. The Morgan fingerprint density at radius 1 is 0.712 bits per heavy atom. The zero-order chi connectivity index (χ0) is 40.0. The minimum Gasteiger partial charge on any atom is -0.481 e. The zero-order valence-corrected chi connectivity index (χ0v) is 30.2. The number of aliphatic carboxylic acids is 3. The SMILES string of the molecule is CC(C)C[C@H](NC(=O)[C@@H](NC(=O)[C@H](CCC(=O)O)NC(=O)[C@@H](N)CC(=O)O)C(C)C)C(=O)N[C@@H](C)C(=O)N[C@H](C(=O)N1CCC[C@H]1C(=O)O)[C@@H](C)O. The Balaban J connectivity index is 3.10. The van der Waals surface area contributed by atoms with Crippen molar-refractivity contribution >= 4 is 53.4 Å². The van der Waals surface area contributed by atoms with E-state index in [1.165, 1.54) is 13.8 Å². The molecular weight excluding hydrogens is 690 g/mol. The highest BCUT2D eigenvalue weighted by atomic mass is 16.4. The van der Waals surface area contributed by atoms with Gasteiger partial charge in [-0.1, -0.05) is 27.7 Å². The lowest BCUT2D eigenvalue weighted by Gasteiger charge is -2.30. The third-order valence-corrected chi connectivity index (χ3v) is 8.22. The van der Waals surface area contributed by atoms with E-state index in [0.29, 0.717) is 6.42 Å². The molecule has 0 aromatic rings. The van der Waals surface area contributed by atoms with Crippen LogP contribution >= 0.6 is 0 Å². The Morgan fingerprint density at radius 2 is 1.27 bits per heavy atom. The first-order chi connectivity index (χ1) is 24.1. The number of carbonyl (C=O) groups excluding carboxylic acids is 6. The highest BCUT2D eigenvalue weighted by Crippen LogP contribution is 2.19. The number of carboxylic acid groups (broad SMARTS) is 3. The van der Waals surface area contributed by atoms with Crippen LogP contribution in [0.1, 0.15) is 80.1 Å². The predicted molar refractivity (Wildman–Crippen MR) is 181 cm³/mol. The van der Waals surface area contributed by atoms with Gasteiger partial charge in [0.25, 0.3) is 0 Å². The molecule has 52 heavy (non-hydrogen) atoms. The third-order valence-electron chi connectivity index (χ3n) is 8.22. The maximum Gasteiger partial charge on any atom is 0.326 e. The van der Waals surface area contributed by atoms with Crippen molar-refractivity contribution in [3.05, 3.63) is 0 Å². The summed E-state index contributed by atoms with van der Waals surface area (Å²) in [5.41, 5.74) is 5.57. The lowest BCUT2D eigenvalue weighted by molar-refractivity contribution is -0.150. The standard InChI is InChI=1S/C32H53N7O13/c1-14(2)12-20(29(48)34-16(5)26(45)38-25(17(6)40)31(50)39-11-7-8-21(39)32(51)52)36-30(49)24(15(3)4)37-28(47)19(9-10-22(41)42)35-27(46)18(33)13-23(43)44/h14-21,24-25,40H,7-13,33H2,1-6H3,(H,34,48)(H,35,46)(H,36,49)(H,37,47)(H,38,45)(H,41,42)(H,43,44)(H,51,52)/t16-,17+,18-,19-,20-,21-,24-,25-/m0/s1. The van der Waals surface area contributed by atoms with Crippen molar-refractivity contribution in [1.82, 2.24) is 31.5 Å². The van der Waals surface area contributed by atoms with Crippen LogP contribution < -0.4 is 32.3 Å². The van der Waals surface area contributed by atoms with Gasteiger partial charge in [0.05, 0.1) is 18.6 Å². The number of carbonyl (C=O) groups is 9. The van der Waals surface area contributed by atoms with Crippen molar-refractivity contribution in [2.45, 2.75) is 128 Å². The molecule has 1 rings (SSSR count). The summed E-state index contributed by atoms with van der Waals surface area (Å²) in [4.78, 5) is 114. The van der Waals surface area contributed by atoms with Gasteiger partial charge in [0.2, 0.25) is 35.4 Å². The van der Waals surface area contributed by atoms with Gasteiger partial charge in [-0.2, -0.15) is 0 Å². The van der Waals surface area contributed by atoms with E-state index in [1.54, 1.807) is 27.7 Å². The fraction of sp³-hybridized carbons (Fsp3) is 0.719. The van der Waals surface area contributed by atoms with Crippen LogP contribution in [0.25, 0.3) is 0 Å². The lowest BCUT2D eigenvalue weighted by Crippen LogP contribution is -2.61. The summed E-state index contributed by atoms with van der Waals surface area (Å²) < 4.78 is 0. The summed E-state index contributed by atoms with van der Waals surface area (Å²) in [6, 6.07) is -9.53. The molecule has 0 bridgehead atoms. The summed E-state index contributed by atoms with van der Waals surface area (Å²) in [5, 5.41) is 49.8. The molecular formula is C32H53N7O13. The van der Waals surface area contributed by atoms with Crippen molar-refractivity contribution in [1.29, 1.82) is 0 Å². The average molecular weight is 744 g/mol. The second-order valence-electron chi connectivity index (χ2n) is 13.6. The zero-order valence-electron chi connectivity index (χ0n) is 30.2. The number of carboxylic acids is 3. The number of likely N-dealkylation sites (tertiary alicyclic amines) is 1. The average Bonchev–Trinajstić information content (AvgIpc) is 3.53. The van der Waals surface area contributed by atoms with E-state index in [1.807, 2.05) is 0 Å². The molecule has 8 atom stereocenters. The Kier molecular flexibility index (Phi) is 18.1. The highest BCUT2D eigenvalue weighted by molar-refractivity contribution is 5.97. The molecule has 11 N–H and O–H groups in total. The van der Waals surface area contributed by atoms with Gasteiger partial charge in [-0.15, -0.1) is 0 Å². The molecule has 0 saturated carbocycles. The highest BCUT2D eigenvalue weighted by Gasteiger charge is 2.40. The molecule has 1 aliphatic rings. The first-order valence-corrected chi connectivity index (χ1v) is 17.0. The van der Waals surface area contributed by atoms with Gasteiger partial charge in [0.1, 0.15) is 36.3 Å². The van der Waals surface area contributed by atoms with Crippen molar-refractivity contribution in [3.8, 4) is 0 Å². The molecule has 1 heterocycles. The molecule has 20 heteroatoms. The van der Waals surface area contributed by atoms with Crippen LogP contribution in [-0.2, 0) is 43.2 Å². The number of hydrogen-bond donors (Lipinski definition) is 10. The molecule has 0 radical (unpaired) electrons. The van der Waals surface area contributed by atoms with E-state index in [-0.39, 0.29) is 25.3 Å². The van der Waals surface area contributed by atoms with Crippen molar-refractivity contribution in [3.63, 3.8) is 0 Å². The molecule has 1 aliphatic heterocycles. The Bertz CT molecular complexity index is 1340. The number of hydrogen-bond acceptors (Lipinski definition) is 11. The van der Waals surface area contributed by atoms with E-state index < -0.39 is 127 Å². The number of nitrogens with two attached hydrogens (primary N) is 1. The number of nitrogens with one attached hydrogen (secondary N) is 5. The predicted octanol–water partition coefficient (Wildman–Crippen LogP) is -2.74. The van der Waals surface area contributed by atoms with E-state index in [2.05, 4.69) is 26.6 Å². The second-order valence-corrected chi connectivity index (χ2v) is 13.6. The molecule has 0 unspecified atom stereocenters. The van der Waals surface area contributed by atoms with E-state index in [0.717, 1.165) is 4.90 Å². The van der Waals surface area contributed by atoms with Crippen LogP contribution in [0.15, 0.2) is 0 Å². The van der Waals surface area contributed by atoms with Gasteiger partial charge in [0.15, 0.2) is 0 Å². The smallest absolute Gasteiger partial charge is 0.326 e. The Morgan fingerprint density at radius 3 is 1.77 bits per heavy atom. The van der Waals surface area contributed by atoms with Gasteiger partial charge in [-0.05, 0) is 51.4 Å². The fourth-order valence-electron chi connectivity index (χ4n) is 5.36. The van der Waals surface area contributed by atoms with Crippen LogP contribution in [0.3, 0.4) is 0 Å². The molecule has 0 aromatic heterocycles. The topological polar surface area (TPSA) is 324 Å². The van der Waals surface area contributed by atoms with Crippen molar-refractivity contribution < 1.29 is 63.6 Å². The quantitative estimate of drug-likeness (QED) is 0.0570. The third kappa shape index (κ3) is 14.4. The van der Waals surface area contributed by atoms with Gasteiger partial charge in [-0.3, -0.25) is 38.4 Å². The summed E-state index contributed by atoms with van der Waals surface area (Å²) in [5.74, 6) is -9.97. The van der Waals surface area contributed by atoms with Crippen LogP contribution in [0.5, 0.6) is 0 Å². The molecule has 0 spiro atoms. The number of aliphatic hydroxyl groups is 1. The van der Waals surface area contributed by atoms with Crippen LogP contribution in [0.2, 0.25) is 0 Å².